The summed E-state index contributed by atoms with van der Waals surface area (Å²) in [7, 11) is 4.57. The second-order valence-electron chi connectivity index (χ2n) is 5.45. The highest BCUT2D eigenvalue weighted by Gasteiger charge is 2.14. The summed E-state index contributed by atoms with van der Waals surface area (Å²) in [4.78, 5) is 16.8. The lowest BCUT2D eigenvalue weighted by molar-refractivity contribution is 0.0977. The van der Waals surface area contributed by atoms with Gasteiger partial charge in [0, 0.05) is 11.6 Å². The van der Waals surface area contributed by atoms with E-state index in [1.165, 1.54) is 25.6 Å². The third-order valence-electron chi connectivity index (χ3n) is 3.76. The van der Waals surface area contributed by atoms with Gasteiger partial charge in [0.15, 0.2) is 21.7 Å². The fourth-order valence-electron chi connectivity index (χ4n) is 2.42. The van der Waals surface area contributed by atoms with Crippen molar-refractivity contribution in [3.8, 4) is 17.2 Å². The third-order valence-corrected chi connectivity index (χ3v) is 5.19. The normalized spacial score (nSPS) is 10.4. The van der Waals surface area contributed by atoms with Crippen LogP contribution >= 0.6 is 35.2 Å². The molecule has 0 fully saturated rings. The molecule has 2 N–H and O–H groups in total. The molecule has 10 heteroatoms. The molecule has 0 aliphatic rings. The minimum Gasteiger partial charge on any atom is -0.495 e. The van der Waals surface area contributed by atoms with Gasteiger partial charge in [0.2, 0.25) is 0 Å². The average molecular weight is 438 g/mol. The molecule has 1 aromatic heterocycles. The standard InChI is InChI=1S/C18H16ClN3O4S2/c1-24-12-5-4-9(6-14(12)26-3)16(23)21-17(27)22-18-20-11-7-10(19)13(25-2)8-15(11)28-18/h4-8H,1-3H3,(H2,20,21,22,23,27). The molecule has 3 aromatic rings. The molecular formula is C18H16ClN3O4S2. The number of nitrogens with zero attached hydrogens (tertiary/aromatic N) is 1. The van der Waals surface area contributed by atoms with Gasteiger partial charge in [-0.15, -0.1) is 0 Å². The lowest BCUT2D eigenvalue weighted by Crippen LogP contribution is -2.34. The van der Waals surface area contributed by atoms with Crippen LogP contribution in [0, 0.1) is 0 Å². The Bertz CT molecular complexity index is 1050. The number of fused-ring (bicyclic) bond motifs is 1. The predicted molar refractivity (Wildman–Crippen MR) is 114 cm³/mol. The van der Waals surface area contributed by atoms with Crippen LogP contribution in [-0.4, -0.2) is 37.3 Å². The lowest BCUT2D eigenvalue weighted by Gasteiger charge is -2.10. The monoisotopic (exact) mass is 437 g/mol. The van der Waals surface area contributed by atoms with Crippen molar-refractivity contribution < 1.29 is 19.0 Å². The van der Waals surface area contributed by atoms with E-state index in [1.54, 1.807) is 37.4 Å². The number of anilines is 1. The van der Waals surface area contributed by atoms with Crippen molar-refractivity contribution >= 4 is 61.5 Å². The van der Waals surface area contributed by atoms with Crippen LogP contribution in [-0.2, 0) is 0 Å². The van der Waals surface area contributed by atoms with Crippen LogP contribution in [0.1, 0.15) is 10.4 Å². The Morgan fingerprint density at radius 1 is 1.07 bits per heavy atom. The van der Waals surface area contributed by atoms with Crippen molar-refractivity contribution in [3.05, 3.63) is 40.9 Å². The van der Waals surface area contributed by atoms with Crippen molar-refractivity contribution in [1.29, 1.82) is 0 Å². The molecule has 0 bridgehead atoms. The van der Waals surface area contributed by atoms with Gasteiger partial charge in [0.05, 0.1) is 36.6 Å². The summed E-state index contributed by atoms with van der Waals surface area (Å²) in [5.74, 6) is 1.16. The van der Waals surface area contributed by atoms with Crippen LogP contribution < -0.4 is 24.8 Å². The van der Waals surface area contributed by atoms with E-state index in [0.717, 1.165) is 4.70 Å². The minimum absolute atomic E-state index is 0.122. The quantitative estimate of drug-likeness (QED) is 0.581. The van der Waals surface area contributed by atoms with Gasteiger partial charge in [-0.3, -0.25) is 10.1 Å². The number of carbonyl (C=O) groups excluding carboxylic acids is 1. The average Bonchev–Trinajstić information content (AvgIpc) is 3.06. The van der Waals surface area contributed by atoms with Gasteiger partial charge in [-0.25, -0.2) is 4.98 Å². The van der Waals surface area contributed by atoms with Crippen molar-refractivity contribution in [2.45, 2.75) is 0 Å². The maximum atomic E-state index is 12.4. The Hall–Kier alpha value is -2.62. The number of amides is 1. The first-order valence-corrected chi connectivity index (χ1v) is 9.54. The number of rotatable bonds is 5. The summed E-state index contributed by atoms with van der Waals surface area (Å²) < 4.78 is 16.4. The van der Waals surface area contributed by atoms with Crippen LogP contribution in [0.15, 0.2) is 30.3 Å². The Morgan fingerprint density at radius 3 is 2.46 bits per heavy atom. The topological polar surface area (TPSA) is 81.7 Å². The van der Waals surface area contributed by atoms with E-state index in [2.05, 4.69) is 15.6 Å². The third kappa shape index (κ3) is 4.27. The molecule has 0 aliphatic heterocycles. The number of methoxy groups -OCH3 is 3. The Balaban J connectivity index is 1.71. The number of carbonyl (C=O) groups is 1. The van der Waals surface area contributed by atoms with Crippen molar-refractivity contribution in [3.63, 3.8) is 0 Å². The molecule has 0 spiro atoms. The Kier molecular flexibility index (Phi) is 6.18. The fourth-order valence-corrected chi connectivity index (χ4v) is 3.79. The number of thiocarbonyl (C=S) groups is 1. The number of nitrogens with one attached hydrogen (secondary N) is 2. The van der Waals surface area contributed by atoms with Gasteiger partial charge >= 0.3 is 0 Å². The second kappa shape index (κ2) is 8.59. The zero-order valence-electron chi connectivity index (χ0n) is 15.2. The first kappa shape index (κ1) is 20.1. The molecule has 1 heterocycles. The van der Waals surface area contributed by atoms with E-state index in [1.807, 2.05) is 0 Å². The number of benzene rings is 2. The van der Waals surface area contributed by atoms with Crippen LogP contribution in [0.3, 0.4) is 0 Å². The molecule has 146 valence electrons. The number of aromatic nitrogens is 1. The smallest absolute Gasteiger partial charge is 0.257 e. The van der Waals surface area contributed by atoms with Crippen molar-refractivity contribution in [2.75, 3.05) is 26.6 Å². The molecule has 0 unspecified atom stereocenters. The number of thiazole rings is 1. The van der Waals surface area contributed by atoms with Crippen molar-refractivity contribution in [2.24, 2.45) is 0 Å². The lowest BCUT2D eigenvalue weighted by atomic mass is 10.2. The molecule has 7 nitrogen and oxygen atoms in total. The molecular weight excluding hydrogens is 422 g/mol. The van der Waals surface area contributed by atoms with E-state index in [0.29, 0.717) is 38.5 Å². The van der Waals surface area contributed by atoms with E-state index >= 15 is 0 Å². The van der Waals surface area contributed by atoms with Gasteiger partial charge in [-0.2, -0.15) is 0 Å². The van der Waals surface area contributed by atoms with E-state index < -0.39 is 0 Å². The molecule has 0 aliphatic carbocycles. The second-order valence-corrected chi connectivity index (χ2v) is 7.30. The Labute approximate surface area is 175 Å². The zero-order valence-corrected chi connectivity index (χ0v) is 17.6. The largest absolute Gasteiger partial charge is 0.495 e. The summed E-state index contributed by atoms with van der Waals surface area (Å²) >= 11 is 12.7. The summed E-state index contributed by atoms with van der Waals surface area (Å²) in [6.07, 6.45) is 0. The fraction of sp³-hybridized carbons (Fsp3) is 0.167. The summed E-state index contributed by atoms with van der Waals surface area (Å²) in [6, 6.07) is 8.34. The van der Waals surface area contributed by atoms with Gasteiger partial charge in [-0.05, 0) is 36.5 Å². The number of hydrogen-bond donors (Lipinski definition) is 2. The molecule has 0 saturated carbocycles. The van der Waals surface area contributed by atoms with Crippen LogP contribution in [0.25, 0.3) is 10.2 Å². The van der Waals surface area contributed by atoms with Crippen LogP contribution in [0.4, 0.5) is 5.13 Å². The molecule has 2 aromatic carbocycles. The van der Waals surface area contributed by atoms with E-state index in [9.17, 15) is 4.79 Å². The van der Waals surface area contributed by atoms with Gasteiger partial charge in [0.1, 0.15) is 5.75 Å². The first-order chi connectivity index (χ1) is 13.4. The number of halogens is 1. The van der Waals surface area contributed by atoms with Crippen LogP contribution in [0.5, 0.6) is 17.2 Å². The van der Waals surface area contributed by atoms with Gasteiger partial charge in [0.25, 0.3) is 5.91 Å². The highest BCUT2D eigenvalue weighted by Crippen LogP contribution is 2.34. The van der Waals surface area contributed by atoms with Gasteiger partial charge < -0.3 is 19.5 Å². The molecule has 3 rings (SSSR count). The number of hydrogen-bond acceptors (Lipinski definition) is 7. The summed E-state index contributed by atoms with van der Waals surface area (Å²) in [5.41, 5.74) is 1.08. The highest BCUT2D eigenvalue weighted by atomic mass is 35.5. The molecule has 0 atom stereocenters. The predicted octanol–water partition coefficient (Wildman–Crippen LogP) is 4.10. The first-order valence-electron chi connectivity index (χ1n) is 7.93. The highest BCUT2D eigenvalue weighted by molar-refractivity contribution is 7.80. The van der Waals surface area contributed by atoms with E-state index in [4.69, 9.17) is 38.0 Å². The Morgan fingerprint density at radius 2 is 1.79 bits per heavy atom. The molecule has 0 saturated heterocycles. The number of ether oxygens (including phenoxy) is 3. The SMILES string of the molecule is COc1cc2sc(NC(=S)NC(=O)c3ccc(OC)c(OC)c3)nc2cc1Cl. The maximum Gasteiger partial charge on any atom is 0.257 e. The minimum atomic E-state index is -0.385. The molecule has 0 radical (unpaired) electrons. The van der Waals surface area contributed by atoms with Crippen molar-refractivity contribution in [1.82, 2.24) is 10.3 Å². The van der Waals surface area contributed by atoms with E-state index in [-0.39, 0.29) is 11.0 Å². The molecule has 28 heavy (non-hydrogen) atoms. The summed E-state index contributed by atoms with van der Waals surface area (Å²) in [5, 5.41) is 6.64. The van der Waals surface area contributed by atoms with Gasteiger partial charge in [-0.1, -0.05) is 22.9 Å². The summed E-state index contributed by atoms with van der Waals surface area (Å²) in [6.45, 7) is 0. The maximum absolute atomic E-state index is 12.4. The molecule has 1 amide bonds. The van der Waals surface area contributed by atoms with Crippen LogP contribution in [0.2, 0.25) is 5.02 Å². The zero-order chi connectivity index (χ0) is 20.3.